The number of carbonyl (C=O) groups is 2. The van der Waals surface area contributed by atoms with E-state index in [1.165, 1.54) is 0 Å². The number of hydrogen-bond donors (Lipinski definition) is 2. The Hall–Kier alpha value is -1.51. The van der Waals surface area contributed by atoms with Crippen LogP contribution in [-0.4, -0.2) is 37.2 Å². The summed E-state index contributed by atoms with van der Waals surface area (Å²) in [7, 11) is 0. The summed E-state index contributed by atoms with van der Waals surface area (Å²) >= 11 is 3.37. The van der Waals surface area contributed by atoms with Crippen molar-refractivity contribution in [3.05, 3.63) is 65.7 Å². The van der Waals surface area contributed by atoms with Gasteiger partial charge < -0.3 is 0 Å². The molecule has 0 aliphatic rings. The average Bonchev–Trinajstić information content (AvgIpc) is 2.54. The monoisotopic (exact) mass is 376 g/mol. The normalized spacial score (nSPS) is 12.4. The number of carboxylic acid groups (broad SMARTS) is 1. The molecule has 2 aromatic rings. The molecular formula is C17H17AsO3S. The molecule has 0 spiro atoms. The predicted molar refractivity (Wildman–Crippen MR) is 92.7 cm³/mol. The SMILES string of the molecule is O=C(O)c1ccc([AsH]C(=O)C(CS)Cc2ccccc2)cc1. The number of benzene rings is 2. The van der Waals surface area contributed by atoms with Gasteiger partial charge in [0.15, 0.2) is 0 Å². The van der Waals surface area contributed by atoms with E-state index in [4.69, 9.17) is 5.11 Å². The van der Waals surface area contributed by atoms with Crippen molar-refractivity contribution < 1.29 is 14.7 Å². The summed E-state index contributed by atoms with van der Waals surface area (Å²) < 4.78 is 1.21. The summed E-state index contributed by atoms with van der Waals surface area (Å²) in [6.45, 7) is 0. The average molecular weight is 376 g/mol. The van der Waals surface area contributed by atoms with Gasteiger partial charge in [-0.1, -0.05) is 0 Å². The first-order valence-corrected chi connectivity index (χ1v) is 9.62. The summed E-state index contributed by atoms with van der Waals surface area (Å²) in [5.41, 5.74) is 1.39. The second kappa shape index (κ2) is 8.21. The van der Waals surface area contributed by atoms with E-state index >= 15 is 0 Å². The minimum absolute atomic E-state index is 0.0788. The molecular weight excluding hydrogens is 359 g/mol. The van der Waals surface area contributed by atoms with Crippen LogP contribution < -0.4 is 4.35 Å². The van der Waals surface area contributed by atoms with Crippen molar-refractivity contribution in [2.24, 2.45) is 5.92 Å². The van der Waals surface area contributed by atoms with Crippen LogP contribution in [-0.2, 0) is 11.2 Å². The maximum atomic E-state index is 12.5. The van der Waals surface area contributed by atoms with Crippen LogP contribution in [0.2, 0.25) is 0 Å². The van der Waals surface area contributed by atoms with Crippen molar-refractivity contribution in [2.45, 2.75) is 6.42 Å². The molecule has 0 bridgehead atoms. The second-order valence-electron chi connectivity index (χ2n) is 4.94. The molecule has 0 aliphatic heterocycles. The van der Waals surface area contributed by atoms with Crippen molar-refractivity contribution in [1.29, 1.82) is 0 Å². The van der Waals surface area contributed by atoms with Crippen LogP contribution in [0.1, 0.15) is 15.9 Å². The van der Waals surface area contributed by atoms with Crippen molar-refractivity contribution >= 4 is 43.3 Å². The molecule has 22 heavy (non-hydrogen) atoms. The fourth-order valence-electron chi connectivity index (χ4n) is 2.08. The molecule has 2 aromatic carbocycles. The topological polar surface area (TPSA) is 54.4 Å². The molecule has 0 saturated carbocycles. The van der Waals surface area contributed by atoms with Crippen LogP contribution in [0.5, 0.6) is 0 Å². The van der Waals surface area contributed by atoms with E-state index in [1.54, 1.807) is 24.3 Å². The third-order valence-electron chi connectivity index (χ3n) is 3.32. The maximum absolute atomic E-state index is 12.5. The fourth-order valence-corrected chi connectivity index (χ4v) is 4.89. The van der Waals surface area contributed by atoms with Gasteiger partial charge in [0.25, 0.3) is 0 Å². The molecule has 0 radical (unpaired) electrons. The Kier molecular flexibility index (Phi) is 6.29. The molecule has 2 unspecified atom stereocenters. The molecule has 2 rings (SSSR count). The Balaban J connectivity index is 2.01. The second-order valence-corrected chi connectivity index (χ2v) is 8.08. The first kappa shape index (κ1) is 16.9. The molecule has 0 aromatic heterocycles. The van der Waals surface area contributed by atoms with E-state index in [9.17, 15) is 9.59 Å². The van der Waals surface area contributed by atoms with Crippen molar-refractivity contribution in [1.82, 2.24) is 0 Å². The Morgan fingerprint density at radius 3 is 2.23 bits per heavy atom. The fraction of sp³-hybridized carbons (Fsp3) is 0.176. The van der Waals surface area contributed by atoms with E-state index in [0.29, 0.717) is 12.2 Å². The summed E-state index contributed by atoms with van der Waals surface area (Å²) in [6, 6.07) is 16.5. The van der Waals surface area contributed by atoms with Crippen LogP contribution in [0.4, 0.5) is 0 Å². The van der Waals surface area contributed by atoms with Gasteiger partial charge in [-0.2, -0.15) is 0 Å². The Morgan fingerprint density at radius 2 is 1.68 bits per heavy atom. The van der Waals surface area contributed by atoms with Gasteiger partial charge in [-0.05, 0) is 0 Å². The molecule has 3 nitrogen and oxygen atoms in total. The summed E-state index contributed by atoms with van der Waals surface area (Å²) in [6.07, 6.45) is 0.708. The third kappa shape index (κ3) is 4.75. The minimum atomic E-state index is -0.949. The molecule has 0 heterocycles. The van der Waals surface area contributed by atoms with Gasteiger partial charge in [-0.15, -0.1) is 0 Å². The molecule has 2 atom stereocenters. The zero-order chi connectivity index (χ0) is 15.9. The zero-order valence-corrected chi connectivity index (χ0v) is 14.9. The van der Waals surface area contributed by atoms with Crippen molar-refractivity contribution in [2.75, 3.05) is 5.75 Å². The van der Waals surface area contributed by atoms with Gasteiger partial charge in [0.1, 0.15) is 0 Å². The van der Waals surface area contributed by atoms with Gasteiger partial charge in [-0.3, -0.25) is 0 Å². The zero-order valence-electron chi connectivity index (χ0n) is 11.9. The molecule has 0 saturated heterocycles. The number of carboxylic acids is 1. The first-order chi connectivity index (χ1) is 10.6. The third-order valence-corrected chi connectivity index (χ3v) is 6.43. The van der Waals surface area contributed by atoms with Gasteiger partial charge in [-0.25, -0.2) is 0 Å². The van der Waals surface area contributed by atoms with E-state index in [0.717, 1.165) is 9.91 Å². The van der Waals surface area contributed by atoms with Crippen LogP contribution in [0.3, 0.4) is 0 Å². The number of thiol groups is 1. The van der Waals surface area contributed by atoms with Crippen molar-refractivity contribution in [3.63, 3.8) is 0 Å². The molecule has 0 fully saturated rings. The summed E-state index contributed by atoms with van der Waals surface area (Å²) in [5.74, 6) is -0.496. The van der Waals surface area contributed by atoms with Crippen LogP contribution in [0, 0.1) is 5.92 Å². The summed E-state index contributed by atoms with van der Waals surface area (Å²) in [4.78, 5) is 23.3. The molecule has 114 valence electrons. The molecule has 0 amide bonds. The van der Waals surface area contributed by atoms with Crippen molar-refractivity contribution in [3.8, 4) is 0 Å². The van der Waals surface area contributed by atoms with Gasteiger partial charge in [0.2, 0.25) is 0 Å². The van der Waals surface area contributed by atoms with Crippen LogP contribution >= 0.6 is 12.6 Å². The first-order valence-electron chi connectivity index (χ1n) is 6.89. The van der Waals surface area contributed by atoms with E-state index in [-0.39, 0.29) is 16.1 Å². The predicted octanol–water partition coefficient (Wildman–Crippen LogP) is 1.76. The Labute approximate surface area is 141 Å². The van der Waals surface area contributed by atoms with E-state index in [2.05, 4.69) is 12.6 Å². The molecule has 1 N–H and O–H groups in total. The number of aromatic carboxylic acids is 1. The molecule has 0 aliphatic carbocycles. The Bertz CT molecular complexity index is 641. The number of rotatable bonds is 7. The van der Waals surface area contributed by atoms with E-state index in [1.807, 2.05) is 30.3 Å². The quantitative estimate of drug-likeness (QED) is 0.572. The van der Waals surface area contributed by atoms with Gasteiger partial charge >= 0.3 is 142 Å². The molecule has 5 heteroatoms. The van der Waals surface area contributed by atoms with Crippen LogP contribution in [0.25, 0.3) is 0 Å². The number of carbonyl (C=O) groups excluding carboxylic acids is 1. The Morgan fingerprint density at radius 1 is 1.05 bits per heavy atom. The standard InChI is InChI=1S/C17H17AsO3S/c19-16(14(11-22)10-12-4-2-1-3-5-12)18-15-8-6-13(7-9-15)17(20)21/h1-9,14,18,22H,10-11H2,(H,20,21). The van der Waals surface area contributed by atoms with Crippen LogP contribution in [0.15, 0.2) is 54.6 Å². The van der Waals surface area contributed by atoms with Gasteiger partial charge in [0.05, 0.1) is 0 Å². The number of hydrogen-bond acceptors (Lipinski definition) is 3. The van der Waals surface area contributed by atoms with E-state index < -0.39 is 21.7 Å². The van der Waals surface area contributed by atoms with Gasteiger partial charge in [0, 0.05) is 0 Å². The summed E-state index contributed by atoms with van der Waals surface area (Å²) in [5, 5.41) is 8.88.